The van der Waals surface area contributed by atoms with Gasteiger partial charge in [0, 0.05) is 5.57 Å². The van der Waals surface area contributed by atoms with Crippen LogP contribution < -0.4 is 0 Å². The van der Waals surface area contributed by atoms with Gasteiger partial charge < -0.3 is 4.74 Å². The van der Waals surface area contributed by atoms with Crippen molar-refractivity contribution in [3.05, 3.63) is 11.1 Å². The van der Waals surface area contributed by atoms with Crippen molar-refractivity contribution in [1.29, 1.82) is 0 Å². The van der Waals surface area contributed by atoms with E-state index in [9.17, 15) is 4.79 Å². The minimum absolute atomic E-state index is 0.0619. The molecule has 2 aliphatic rings. The van der Waals surface area contributed by atoms with E-state index in [0.29, 0.717) is 18.4 Å². The van der Waals surface area contributed by atoms with Crippen molar-refractivity contribution < 1.29 is 9.53 Å². The zero-order valence-corrected chi connectivity index (χ0v) is 7.59. The van der Waals surface area contributed by atoms with Gasteiger partial charge in [-0.1, -0.05) is 12.5 Å². The Labute approximate surface area is 72.6 Å². The number of esters is 1. The summed E-state index contributed by atoms with van der Waals surface area (Å²) in [4.78, 5) is 11.4. The standard InChI is InChI=1S/C10H14O2/c1-6-3-4-8-7(2)5-12-10(11)9(6)8/h7-8H,3-5H2,1-2H3/t7-,8-/m1/s1. The third kappa shape index (κ3) is 0.977. The van der Waals surface area contributed by atoms with Crippen molar-refractivity contribution in [2.24, 2.45) is 11.8 Å². The second kappa shape index (κ2) is 2.61. The Balaban J connectivity index is 2.33. The van der Waals surface area contributed by atoms with Crippen LogP contribution in [-0.4, -0.2) is 12.6 Å². The fourth-order valence-electron chi connectivity index (χ4n) is 2.26. The van der Waals surface area contributed by atoms with E-state index in [1.807, 2.05) is 0 Å². The highest BCUT2D eigenvalue weighted by molar-refractivity contribution is 5.91. The minimum Gasteiger partial charge on any atom is -0.462 e. The van der Waals surface area contributed by atoms with Gasteiger partial charge in [0.25, 0.3) is 0 Å². The summed E-state index contributed by atoms with van der Waals surface area (Å²) < 4.78 is 5.08. The van der Waals surface area contributed by atoms with Gasteiger partial charge in [-0.3, -0.25) is 0 Å². The first kappa shape index (κ1) is 7.84. The number of carbonyl (C=O) groups is 1. The first-order valence-corrected chi connectivity index (χ1v) is 4.57. The zero-order chi connectivity index (χ0) is 8.72. The van der Waals surface area contributed by atoms with Gasteiger partial charge in [0.2, 0.25) is 0 Å². The van der Waals surface area contributed by atoms with Gasteiger partial charge in [0.15, 0.2) is 0 Å². The Morgan fingerprint density at radius 3 is 2.92 bits per heavy atom. The van der Waals surface area contributed by atoms with Gasteiger partial charge in [0.05, 0.1) is 6.61 Å². The number of ether oxygens (including phenoxy) is 1. The molecule has 0 aromatic heterocycles. The summed E-state index contributed by atoms with van der Waals surface area (Å²) in [7, 11) is 0. The average Bonchev–Trinajstić information content (AvgIpc) is 2.42. The number of rotatable bonds is 0. The van der Waals surface area contributed by atoms with Gasteiger partial charge in [-0.2, -0.15) is 0 Å². The summed E-state index contributed by atoms with van der Waals surface area (Å²) >= 11 is 0. The van der Waals surface area contributed by atoms with Crippen LogP contribution >= 0.6 is 0 Å². The van der Waals surface area contributed by atoms with E-state index in [1.54, 1.807) is 0 Å². The number of fused-ring (bicyclic) bond motifs is 1. The number of hydrogen-bond acceptors (Lipinski definition) is 2. The van der Waals surface area contributed by atoms with Crippen LogP contribution in [0.25, 0.3) is 0 Å². The Hall–Kier alpha value is -0.790. The number of allylic oxidation sites excluding steroid dienone is 1. The predicted octanol–water partition coefficient (Wildman–Crippen LogP) is 1.91. The molecule has 0 spiro atoms. The molecule has 0 bridgehead atoms. The molecule has 0 radical (unpaired) electrons. The highest BCUT2D eigenvalue weighted by Crippen LogP contribution is 2.40. The van der Waals surface area contributed by atoms with Crippen molar-refractivity contribution in [2.45, 2.75) is 26.7 Å². The summed E-state index contributed by atoms with van der Waals surface area (Å²) in [5.74, 6) is 0.953. The van der Waals surface area contributed by atoms with Gasteiger partial charge in [-0.05, 0) is 31.6 Å². The van der Waals surface area contributed by atoms with Crippen LogP contribution in [0.2, 0.25) is 0 Å². The molecule has 2 rings (SSSR count). The van der Waals surface area contributed by atoms with E-state index >= 15 is 0 Å². The lowest BCUT2D eigenvalue weighted by atomic mass is 9.86. The molecule has 1 heterocycles. The molecule has 0 aromatic carbocycles. The summed E-state index contributed by atoms with van der Waals surface area (Å²) in [6.07, 6.45) is 2.23. The predicted molar refractivity (Wildman–Crippen MR) is 45.5 cm³/mol. The molecule has 12 heavy (non-hydrogen) atoms. The molecular formula is C10H14O2. The Morgan fingerprint density at radius 2 is 2.25 bits per heavy atom. The summed E-state index contributed by atoms with van der Waals surface area (Å²) in [5, 5.41) is 0. The molecule has 1 saturated heterocycles. The van der Waals surface area contributed by atoms with E-state index in [4.69, 9.17) is 4.74 Å². The molecular weight excluding hydrogens is 152 g/mol. The van der Waals surface area contributed by atoms with E-state index in [1.165, 1.54) is 5.57 Å². The normalized spacial score (nSPS) is 35.0. The maximum Gasteiger partial charge on any atom is 0.334 e. The van der Waals surface area contributed by atoms with E-state index in [2.05, 4.69) is 13.8 Å². The largest absolute Gasteiger partial charge is 0.462 e. The molecule has 2 nitrogen and oxygen atoms in total. The lowest BCUT2D eigenvalue weighted by Gasteiger charge is -2.27. The Morgan fingerprint density at radius 1 is 1.50 bits per heavy atom. The van der Waals surface area contributed by atoms with Gasteiger partial charge in [-0.25, -0.2) is 4.79 Å². The van der Waals surface area contributed by atoms with Gasteiger partial charge in [-0.15, -0.1) is 0 Å². The highest BCUT2D eigenvalue weighted by Gasteiger charge is 2.37. The smallest absolute Gasteiger partial charge is 0.334 e. The van der Waals surface area contributed by atoms with Crippen LogP contribution in [0.1, 0.15) is 26.7 Å². The van der Waals surface area contributed by atoms with Crippen LogP contribution in [0, 0.1) is 11.8 Å². The molecule has 0 aromatic rings. The molecule has 0 unspecified atom stereocenters. The number of hydrogen-bond donors (Lipinski definition) is 0. The molecule has 0 saturated carbocycles. The fraction of sp³-hybridized carbons (Fsp3) is 0.700. The SMILES string of the molecule is CC1=C2C(=O)OC[C@@H](C)[C@H]2CC1. The average molecular weight is 166 g/mol. The van der Waals surface area contributed by atoms with Gasteiger partial charge in [0.1, 0.15) is 0 Å². The molecule has 1 fully saturated rings. The van der Waals surface area contributed by atoms with Crippen LogP contribution in [0.3, 0.4) is 0 Å². The molecule has 1 aliphatic carbocycles. The summed E-state index contributed by atoms with van der Waals surface area (Å²) in [5.41, 5.74) is 2.23. The molecule has 2 atom stereocenters. The molecule has 0 amide bonds. The zero-order valence-electron chi connectivity index (χ0n) is 7.59. The van der Waals surface area contributed by atoms with Crippen LogP contribution in [0.4, 0.5) is 0 Å². The third-order valence-electron chi connectivity index (χ3n) is 3.05. The lowest BCUT2D eigenvalue weighted by Crippen LogP contribution is -2.29. The van der Waals surface area contributed by atoms with Crippen LogP contribution in [-0.2, 0) is 9.53 Å². The molecule has 66 valence electrons. The first-order valence-electron chi connectivity index (χ1n) is 4.57. The van der Waals surface area contributed by atoms with Crippen molar-refractivity contribution in [3.63, 3.8) is 0 Å². The lowest BCUT2D eigenvalue weighted by molar-refractivity contribution is -0.144. The van der Waals surface area contributed by atoms with Crippen molar-refractivity contribution in [1.82, 2.24) is 0 Å². The van der Waals surface area contributed by atoms with Crippen molar-refractivity contribution >= 4 is 5.97 Å². The maximum atomic E-state index is 11.4. The van der Waals surface area contributed by atoms with E-state index in [-0.39, 0.29) is 5.97 Å². The number of cyclic esters (lactones) is 1. The third-order valence-corrected chi connectivity index (χ3v) is 3.05. The molecule has 1 aliphatic heterocycles. The fourth-order valence-corrected chi connectivity index (χ4v) is 2.26. The second-order valence-electron chi connectivity index (χ2n) is 3.91. The summed E-state index contributed by atoms with van der Waals surface area (Å²) in [6.45, 7) is 4.82. The monoisotopic (exact) mass is 166 g/mol. The topological polar surface area (TPSA) is 26.3 Å². The van der Waals surface area contributed by atoms with E-state index < -0.39 is 0 Å². The maximum absolute atomic E-state index is 11.4. The first-order chi connectivity index (χ1) is 5.70. The van der Waals surface area contributed by atoms with Crippen molar-refractivity contribution in [3.8, 4) is 0 Å². The Kier molecular flexibility index (Phi) is 1.71. The van der Waals surface area contributed by atoms with E-state index in [0.717, 1.165) is 18.4 Å². The minimum atomic E-state index is -0.0619. The molecule has 0 N–H and O–H groups in total. The number of carbonyl (C=O) groups excluding carboxylic acids is 1. The second-order valence-corrected chi connectivity index (χ2v) is 3.91. The Bertz CT molecular complexity index is 253. The van der Waals surface area contributed by atoms with Crippen LogP contribution in [0.5, 0.6) is 0 Å². The van der Waals surface area contributed by atoms with Crippen LogP contribution in [0.15, 0.2) is 11.1 Å². The van der Waals surface area contributed by atoms with Gasteiger partial charge >= 0.3 is 5.97 Å². The highest BCUT2D eigenvalue weighted by atomic mass is 16.5. The summed E-state index contributed by atoms with van der Waals surface area (Å²) in [6, 6.07) is 0. The van der Waals surface area contributed by atoms with Crippen molar-refractivity contribution in [2.75, 3.05) is 6.61 Å². The molecule has 2 heteroatoms. The quantitative estimate of drug-likeness (QED) is 0.514.